The number of hydrogen-bond acceptors (Lipinski definition) is 5. The molecule has 1 unspecified atom stereocenters. The molecule has 124 valence electrons. The van der Waals surface area contributed by atoms with Crippen LogP contribution in [0.25, 0.3) is 0 Å². The van der Waals surface area contributed by atoms with Gasteiger partial charge in [0.05, 0.1) is 13.2 Å². The van der Waals surface area contributed by atoms with Crippen molar-refractivity contribution in [2.75, 3.05) is 32.8 Å². The van der Waals surface area contributed by atoms with Crippen LogP contribution < -0.4 is 5.73 Å². The van der Waals surface area contributed by atoms with E-state index in [4.69, 9.17) is 15.2 Å². The molecule has 0 aromatic heterocycles. The lowest BCUT2D eigenvalue weighted by molar-refractivity contribution is 0.0384. The van der Waals surface area contributed by atoms with Gasteiger partial charge in [0, 0.05) is 24.5 Å². The van der Waals surface area contributed by atoms with E-state index in [9.17, 15) is 4.79 Å². The zero-order chi connectivity index (χ0) is 15.1. The third-order valence-electron chi connectivity index (χ3n) is 3.33. The summed E-state index contributed by atoms with van der Waals surface area (Å²) in [6.45, 7) is 6.60. The predicted octanol–water partition coefficient (Wildman–Crippen LogP) is 2.52. The second-order valence-corrected chi connectivity index (χ2v) is 6.34. The Bertz CT molecular complexity index is 453. The summed E-state index contributed by atoms with van der Waals surface area (Å²) in [5.41, 5.74) is 6.03. The highest BCUT2D eigenvalue weighted by Crippen LogP contribution is 2.24. The van der Waals surface area contributed by atoms with Crippen LogP contribution in [0, 0.1) is 0 Å². The molecule has 1 aliphatic heterocycles. The first-order valence-corrected chi connectivity index (χ1v) is 8.03. The van der Waals surface area contributed by atoms with Crippen molar-refractivity contribution in [1.29, 1.82) is 0 Å². The molecule has 22 heavy (non-hydrogen) atoms. The number of thioether (sulfide) groups is 1. The molecular formula is C15H23ClN2O3S. The Kier molecular flexibility index (Phi) is 8.63. The molecule has 1 aliphatic rings. The van der Waals surface area contributed by atoms with Crippen LogP contribution in [-0.4, -0.2) is 49.3 Å². The van der Waals surface area contributed by atoms with E-state index in [0.717, 1.165) is 44.2 Å². The number of benzene rings is 1. The average molecular weight is 347 g/mol. The topological polar surface area (TPSA) is 64.8 Å². The molecule has 1 atom stereocenters. The lowest BCUT2D eigenvalue weighted by atomic mass is 10.1. The summed E-state index contributed by atoms with van der Waals surface area (Å²) in [5.74, 6) is 0. The van der Waals surface area contributed by atoms with Gasteiger partial charge in [-0.15, -0.1) is 12.4 Å². The van der Waals surface area contributed by atoms with Crippen LogP contribution in [-0.2, 0) is 15.9 Å². The van der Waals surface area contributed by atoms with E-state index in [1.165, 1.54) is 17.3 Å². The highest BCUT2D eigenvalue weighted by Gasteiger charge is 2.10. The Morgan fingerprint density at radius 2 is 2.00 bits per heavy atom. The summed E-state index contributed by atoms with van der Waals surface area (Å²) in [6.07, 6.45) is 0.301. The average Bonchev–Trinajstić information content (AvgIpc) is 2.47. The Morgan fingerprint density at radius 1 is 1.36 bits per heavy atom. The van der Waals surface area contributed by atoms with Gasteiger partial charge in [-0.1, -0.05) is 23.9 Å². The van der Waals surface area contributed by atoms with Gasteiger partial charge in [-0.2, -0.15) is 0 Å². The van der Waals surface area contributed by atoms with Gasteiger partial charge in [0.25, 0.3) is 0 Å². The van der Waals surface area contributed by atoms with Gasteiger partial charge in [-0.05, 0) is 31.0 Å². The third-order valence-corrected chi connectivity index (χ3v) is 4.30. The quantitative estimate of drug-likeness (QED) is 0.633. The third kappa shape index (κ3) is 6.87. The van der Waals surface area contributed by atoms with Crippen LogP contribution in [0.15, 0.2) is 29.2 Å². The molecule has 1 aromatic rings. The zero-order valence-electron chi connectivity index (χ0n) is 12.7. The van der Waals surface area contributed by atoms with Gasteiger partial charge < -0.3 is 15.2 Å². The molecular weight excluding hydrogens is 324 g/mol. The van der Waals surface area contributed by atoms with Crippen molar-refractivity contribution >= 4 is 30.3 Å². The maximum Gasteiger partial charge on any atom is 0.405 e. The van der Waals surface area contributed by atoms with E-state index >= 15 is 0 Å². The second-order valence-electron chi connectivity index (χ2n) is 4.97. The molecule has 0 spiro atoms. The van der Waals surface area contributed by atoms with Crippen molar-refractivity contribution in [1.82, 2.24) is 4.90 Å². The number of morpholine rings is 1. The van der Waals surface area contributed by atoms with Gasteiger partial charge in [-0.25, -0.2) is 4.79 Å². The van der Waals surface area contributed by atoms with Crippen LogP contribution in [0.5, 0.6) is 0 Å². The molecule has 5 nitrogen and oxygen atoms in total. The molecule has 1 saturated heterocycles. The first-order chi connectivity index (χ1) is 10.1. The molecule has 0 aliphatic carbocycles. The first-order valence-electron chi connectivity index (χ1n) is 7.15. The lowest BCUT2D eigenvalue weighted by Crippen LogP contribution is -2.37. The smallest absolute Gasteiger partial charge is 0.405 e. The van der Waals surface area contributed by atoms with Crippen molar-refractivity contribution in [3.63, 3.8) is 0 Å². The molecule has 0 radical (unpaired) electrons. The lowest BCUT2D eigenvalue weighted by Gasteiger charge is -2.26. The molecule has 2 N–H and O–H groups in total. The summed E-state index contributed by atoms with van der Waals surface area (Å²) >= 11 is 1.48. The van der Waals surface area contributed by atoms with Crippen LogP contribution in [0.2, 0.25) is 0 Å². The van der Waals surface area contributed by atoms with Crippen molar-refractivity contribution in [2.45, 2.75) is 23.7 Å². The van der Waals surface area contributed by atoms with Gasteiger partial charge in [0.2, 0.25) is 0 Å². The van der Waals surface area contributed by atoms with E-state index in [1.807, 2.05) is 6.92 Å². The summed E-state index contributed by atoms with van der Waals surface area (Å²) in [7, 11) is 0. The number of primary amides is 1. The molecule has 1 amide bonds. The van der Waals surface area contributed by atoms with Crippen LogP contribution in [0.1, 0.15) is 12.5 Å². The van der Waals surface area contributed by atoms with Crippen LogP contribution >= 0.6 is 24.2 Å². The normalized spacial score (nSPS) is 16.6. The molecule has 0 bridgehead atoms. The minimum atomic E-state index is -0.739. The van der Waals surface area contributed by atoms with E-state index in [2.05, 4.69) is 29.2 Å². The highest BCUT2D eigenvalue weighted by molar-refractivity contribution is 7.99. The number of carbonyl (C=O) groups excluding carboxylic acids is 1. The fraction of sp³-hybridized carbons (Fsp3) is 0.533. The van der Waals surface area contributed by atoms with Crippen molar-refractivity contribution in [2.24, 2.45) is 5.73 Å². The molecule has 2 rings (SSSR count). The predicted molar refractivity (Wildman–Crippen MR) is 90.6 cm³/mol. The van der Waals surface area contributed by atoms with E-state index in [0.29, 0.717) is 0 Å². The molecule has 1 heterocycles. The molecule has 0 saturated carbocycles. The van der Waals surface area contributed by atoms with Gasteiger partial charge in [0.15, 0.2) is 5.44 Å². The summed E-state index contributed by atoms with van der Waals surface area (Å²) < 4.78 is 10.2. The first kappa shape index (κ1) is 19.1. The SMILES string of the molecule is CC(OC(N)=O)Sc1ccc(CCN2CCOCC2)cc1.Cl. The van der Waals surface area contributed by atoms with Gasteiger partial charge in [-0.3, -0.25) is 4.90 Å². The van der Waals surface area contributed by atoms with Crippen molar-refractivity contribution in [3.05, 3.63) is 29.8 Å². The van der Waals surface area contributed by atoms with Gasteiger partial charge >= 0.3 is 6.09 Å². The molecule has 1 fully saturated rings. The fourth-order valence-corrected chi connectivity index (χ4v) is 3.05. The number of carbonyl (C=O) groups is 1. The fourth-order valence-electron chi connectivity index (χ4n) is 2.23. The van der Waals surface area contributed by atoms with Crippen LogP contribution in [0.3, 0.4) is 0 Å². The number of halogens is 1. The zero-order valence-corrected chi connectivity index (χ0v) is 14.3. The standard InChI is InChI=1S/C15H22N2O3S.ClH/c1-12(20-15(16)18)21-14-4-2-13(3-5-14)6-7-17-8-10-19-11-9-17;/h2-5,12H,6-11H2,1H3,(H2,16,18);1H. The van der Waals surface area contributed by atoms with Crippen molar-refractivity contribution < 1.29 is 14.3 Å². The number of amides is 1. The number of ether oxygens (including phenoxy) is 2. The minimum Gasteiger partial charge on any atom is -0.435 e. The number of rotatable bonds is 6. The highest BCUT2D eigenvalue weighted by atomic mass is 35.5. The molecule has 7 heteroatoms. The summed E-state index contributed by atoms with van der Waals surface area (Å²) in [4.78, 5) is 14.2. The van der Waals surface area contributed by atoms with E-state index < -0.39 is 6.09 Å². The Balaban J connectivity index is 0.00000242. The maximum absolute atomic E-state index is 10.7. The van der Waals surface area contributed by atoms with Crippen molar-refractivity contribution in [3.8, 4) is 0 Å². The Hall–Kier alpha value is -0.950. The summed E-state index contributed by atoms with van der Waals surface area (Å²) in [5, 5.41) is 0. The minimum absolute atomic E-state index is 0. The number of nitrogens with zero attached hydrogens (tertiary/aromatic N) is 1. The van der Waals surface area contributed by atoms with Crippen LogP contribution in [0.4, 0.5) is 4.79 Å². The Morgan fingerprint density at radius 3 is 2.59 bits per heavy atom. The maximum atomic E-state index is 10.7. The number of nitrogens with two attached hydrogens (primary N) is 1. The number of hydrogen-bond donors (Lipinski definition) is 1. The molecule has 1 aromatic carbocycles. The largest absolute Gasteiger partial charge is 0.435 e. The summed E-state index contributed by atoms with van der Waals surface area (Å²) in [6, 6.07) is 8.36. The monoisotopic (exact) mass is 346 g/mol. The van der Waals surface area contributed by atoms with E-state index in [1.54, 1.807) is 0 Å². The Labute approximate surface area is 141 Å². The van der Waals surface area contributed by atoms with E-state index in [-0.39, 0.29) is 17.8 Å². The van der Waals surface area contributed by atoms with Gasteiger partial charge in [0.1, 0.15) is 0 Å². The second kappa shape index (κ2) is 9.94.